The minimum Gasteiger partial charge on any atom is -0.481 e. The average molecular weight is 335 g/mol. The summed E-state index contributed by atoms with van der Waals surface area (Å²) in [4.78, 5) is 10.5. The Bertz CT molecular complexity index is 427. The highest BCUT2D eigenvalue weighted by molar-refractivity contribution is 5.66. The highest BCUT2D eigenvalue weighted by atomic mass is 16.5. The molecule has 2 heterocycles. The van der Waals surface area contributed by atoms with Gasteiger partial charge in [0.1, 0.15) is 0 Å². The highest BCUT2D eigenvalue weighted by Gasteiger charge is 2.46. The minimum absolute atomic E-state index is 0.269. The second-order valence-electron chi connectivity index (χ2n) is 7.30. The monoisotopic (exact) mass is 334 g/mol. The largest absolute Gasteiger partial charge is 0.481 e. The van der Waals surface area contributed by atoms with Crippen molar-refractivity contribution in [1.82, 2.24) is 0 Å². The van der Waals surface area contributed by atoms with Crippen LogP contribution in [0.15, 0.2) is 24.3 Å². The van der Waals surface area contributed by atoms with Crippen LogP contribution in [0.4, 0.5) is 0 Å². The molecule has 0 aromatic heterocycles. The van der Waals surface area contributed by atoms with Gasteiger partial charge in [0.25, 0.3) is 0 Å². The molecule has 136 valence electrons. The number of aliphatic carboxylic acids is 1. The normalized spacial score (nSPS) is 29.2. The fraction of sp³-hybridized carbons (Fsp3) is 0.762. The standard InChI is InChI=1S/C21H34O3/c1-2-3-4-5-6-9-12-17-18(20-16-15-19(17)24-20)13-10-7-8-11-14-21(22)23/h7,9-10,12,17-20H,2-6,8,11,13-16H2,1H3,(H,22,23)/t17-,18+,19-,20+/m0/s1. The Labute approximate surface area is 147 Å². The second-order valence-corrected chi connectivity index (χ2v) is 7.30. The minimum atomic E-state index is -0.700. The van der Waals surface area contributed by atoms with Gasteiger partial charge in [0, 0.05) is 12.3 Å². The zero-order chi connectivity index (χ0) is 17.2. The molecule has 2 bridgehead atoms. The topological polar surface area (TPSA) is 46.5 Å². The summed E-state index contributed by atoms with van der Waals surface area (Å²) in [6, 6.07) is 0. The van der Waals surface area contributed by atoms with Crippen LogP contribution in [0.2, 0.25) is 0 Å². The van der Waals surface area contributed by atoms with Crippen LogP contribution in [0.5, 0.6) is 0 Å². The van der Waals surface area contributed by atoms with Crippen LogP contribution < -0.4 is 0 Å². The van der Waals surface area contributed by atoms with Gasteiger partial charge in [-0.15, -0.1) is 0 Å². The number of rotatable bonds is 12. The Kier molecular flexibility index (Phi) is 8.58. The molecule has 4 atom stereocenters. The van der Waals surface area contributed by atoms with E-state index in [2.05, 4.69) is 31.2 Å². The SMILES string of the molecule is CCCCCCC=C[C@H]1[C@@H](CC=CCCCC(=O)O)[C@H]2CC[C@@H]1O2. The first-order chi connectivity index (χ1) is 11.7. The number of fused-ring (bicyclic) bond motifs is 2. The zero-order valence-electron chi connectivity index (χ0n) is 15.2. The van der Waals surface area contributed by atoms with Gasteiger partial charge in [-0.25, -0.2) is 0 Å². The lowest BCUT2D eigenvalue weighted by molar-refractivity contribution is -0.137. The Morgan fingerprint density at radius 2 is 1.83 bits per heavy atom. The number of ether oxygens (including phenoxy) is 1. The predicted molar refractivity (Wildman–Crippen MR) is 98.0 cm³/mol. The molecule has 24 heavy (non-hydrogen) atoms. The number of carbonyl (C=O) groups is 1. The summed E-state index contributed by atoms with van der Waals surface area (Å²) in [7, 11) is 0. The van der Waals surface area contributed by atoms with E-state index in [-0.39, 0.29) is 6.42 Å². The summed E-state index contributed by atoms with van der Waals surface area (Å²) in [6.45, 7) is 2.25. The summed E-state index contributed by atoms with van der Waals surface area (Å²) in [5.74, 6) is 0.499. The van der Waals surface area contributed by atoms with Crippen molar-refractivity contribution in [1.29, 1.82) is 0 Å². The smallest absolute Gasteiger partial charge is 0.303 e. The second kappa shape index (κ2) is 10.7. The zero-order valence-corrected chi connectivity index (χ0v) is 15.2. The van der Waals surface area contributed by atoms with Crippen molar-refractivity contribution in [2.24, 2.45) is 11.8 Å². The molecule has 0 aliphatic carbocycles. The Balaban J connectivity index is 1.72. The molecule has 0 saturated carbocycles. The lowest BCUT2D eigenvalue weighted by atomic mass is 9.77. The number of allylic oxidation sites excluding steroid dienone is 3. The van der Waals surface area contributed by atoms with Gasteiger partial charge in [-0.05, 0) is 50.9 Å². The molecular weight excluding hydrogens is 300 g/mol. The van der Waals surface area contributed by atoms with Crippen LogP contribution in [0.3, 0.4) is 0 Å². The third-order valence-electron chi connectivity index (χ3n) is 5.41. The van der Waals surface area contributed by atoms with Crippen molar-refractivity contribution < 1.29 is 14.6 Å². The van der Waals surface area contributed by atoms with Gasteiger partial charge in [0.05, 0.1) is 12.2 Å². The van der Waals surface area contributed by atoms with Gasteiger partial charge in [-0.3, -0.25) is 4.79 Å². The van der Waals surface area contributed by atoms with E-state index in [1.807, 2.05) is 0 Å². The first-order valence-corrected chi connectivity index (χ1v) is 9.91. The van der Waals surface area contributed by atoms with Crippen LogP contribution >= 0.6 is 0 Å². The molecule has 3 nitrogen and oxygen atoms in total. The van der Waals surface area contributed by atoms with Crippen molar-refractivity contribution >= 4 is 5.97 Å². The quantitative estimate of drug-likeness (QED) is 0.378. The summed E-state index contributed by atoms with van der Waals surface area (Å²) < 4.78 is 6.14. The van der Waals surface area contributed by atoms with Crippen LogP contribution in [-0.4, -0.2) is 23.3 Å². The number of carboxylic acids is 1. The molecule has 2 saturated heterocycles. The molecule has 3 heteroatoms. The molecule has 0 radical (unpaired) electrons. The van der Waals surface area contributed by atoms with Crippen molar-refractivity contribution in [2.45, 2.75) is 89.8 Å². The van der Waals surface area contributed by atoms with E-state index in [4.69, 9.17) is 9.84 Å². The van der Waals surface area contributed by atoms with Gasteiger partial charge in [-0.2, -0.15) is 0 Å². The van der Waals surface area contributed by atoms with Crippen LogP contribution in [0.1, 0.15) is 77.6 Å². The molecule has 0 spiro atoms. The fourth-order valence-corrected chi connectivity index (χ4v) is 4.07. The van der Waals surface area contributed by atoms with E-state index < -0.39 is 5.97 Å². The van der Waals surface area contributed by atoms with Crippen molar-refractivity contribution in [3.63, 3.8) is 0 Å². The van der Waals surface area contributed by atoms with Gasteiger partial charge < -0.3 is 9.84 Å². The maximum Gasteiger partial charge on any atom is 0.303 e. The molecule has 0 aromatic rings. The molecule has 0 aromatic carbocycles. The molecule has 2 aliphatic heterocycles. The van der Waals surface area contributed by atoms with Crippen molar-refractivity contribution in [2.75, 3.05) is 0 Å². The van der Waals surface area contributed by atoms with E-state index in [1.165, 1.54) is 44.9 Å². The summed E-state index contributed by atoms with van der Waals surface area (Å²) >= 11 is 0. The van der Waals surface area contributed by atoms with Crippen LogP contribution in [0.25, 0.3) is 0 Å². The van der Waals surface area contributed by atoms with E-state index >= 15 is 0 Å². The summed E-state index contributed by atoms with van der Waals surface area (Å²) in [5.41, 5.74) is 0. The summed E-state index contributed by atoms with van der Waals surface area (Å²) in [6.07, 6.45) is 22.0. The van der Waals surface area contributed by atoms with Gasteiger partial charge in [0.2, 0.25) is 0 Å². The lowest BCUT2D eigenvalue weighted by Gasteiger charge is -2.24. The predicted octanol–water partition coefficient (Wildman–Crippen LogP) is 5.51. The molecule has 1 N–H and O–H groups in total. The van der Waals surface area contributed by atoms with E-state index in [0.29, 0.717) is 24.0 Å². The van der Waals surface area contributed by atoms with Crippen LogP contribution in [-0.2, 0) is 9.53 Å². The molecule has 0 unspecified atom stereocenters. The van der Waals surface area contributed by atoms with Gasteiger partial charge >= 0.3 is 5.97 Å². The van der Waals surface area contributed by atoms with Gasteiger partial charge in [0.15, 0.2) is 0 Å². The van der Waals surface area contributed by atoms with Crippen LogP contribution in [0, 0.1) is 11.8 Å². The first kappa shape index (κ1) is 19.2. The number of hydrogen-bond donors (Lipinski definition) is 1. The Morgan fingerprint density at radius 1 is 1.04 bits per heavy atom. The number of unbranched alkanes of at least 4 members (excludes halogenated alkanes) is 5. The maximum absolute atomic E-state index is 10.5. The first-order valence-electron chi connectivity index (χ1n) is 9.91. The molecule has 2 fully saturated rings. The Hall–Kier alpha value is -1.09. The fourth-order valence-electron chi connectivity index (χ4n) is 4.07. The lowest BCUT2D eigenvalue weighted by Crippen LogP contribution is -2.25. The Morgan fingerprint density at radius 3 is 2.62 bits per heavy atom. The van der Waals surface area contributed by atoms with Crippen molar-refractivity contribution in [3.8, 4) is 0 Å². The molecule has 0 amide bonds. The van der Waals surface area contributed by atoms with E-state index in [1.54, 1.807) is 0 Å². The van der Waals surface area contributed by atoms with Gasteiger partial charge in [-0.1, -0.05) is 50.5 Å². The highest BCUT2D eigenvalue weighted by Crippen LogP contribution is 2.45. The third-order valence-corrected chi connectivity index (χ3v) is 5.41. The number of hydrogen-bond acceptors (Lipinski definition) is 2. The number of carboxylic acid groups (broad SMARTS) is 1. The van der Waals surface area contributed by atoms with Crippen molar-refractivity contribution in [3.05, 3.63) is 24.3 Å². The molecule has 2 rings (SSSR count). The molecular formula is C21H34O3. The van der Waals surface area contributed by atoms with E-state index in [9.17, 15) is 4.79 Å². The maximum atomic E-state index is 10.5. The molecule has 2 aliphatic rings. The third kappa shape index (κ3) is 6.08. The average Bonchev–Trinajstić information content (AvgIpc) is 3.15. The summed E-state index contributed by atoms with van der Waals surface area (Å²) in [5, 5.41) is 8.65. The van der Waals surface area contributed by atoms with E-state index in [0.717, 1.165) is 19.3 Å².